The van der Waals surface area contributed by atoms with Crippen LogP contribution in [0.25, 0.3) is 22.2 Å². The highest BCUT2D eigenvalue weighted by Gasteiger charge is 2.17. The Morgan fingerprint density at radius 1 is 0.774 bits per heavy atom. The van der Waals surface area contributed by atoms with Gasteiger partial charge in [-0.25, -0.2) is 4.98 Å². The molecule has 5 heteroatoms. The summed E-state index contributed by atoms with van der Waals surface area (Å²) in [6.45, 7) is 5.04. The summed E-state index contributed by atoms with van der Waals surface area (Å²) in [4.78, 5) is 14.5. The van der Waals surface area contributed by atoms with Gasteiger partial charge < -0.3 is 10.0 Å². The van der Waals surface area contributed by atoms with Crippen molar-refractivity contribution in [1.82, 2.24) is 14.9 Å². The van der Waals surface area contributed by atoms with Gasteiger partial charge in [0.1, 0.15) is 11.6 Å². The molecule has 5 rings (SSSR count). The Labute approximate surface area is 182 Å². The second-order valence-electron chi connectivity index (χ2n) is 8.08. The van der Waals surface area contributed by atoms with Crippen LogP contribution in [0.15, 0.2) is 79.0 Å². The van der Waals surface area contributed by atoms with Crippen molar-refractivity contribution in [2.75, 3.05) is 31.1 Å². The molecule has 2 heterocycles. The number of benzene rings is 3. The third kappa shape index (κ3) is 4.52. The highest BCUT2D eigenvalue weighted by Crippen LogP contribution is 2.26. The fourth-order valence-electron chi connectivity index (χ4n) is 4.19. The van der Waals surface area contributed by atoms with Crippen LogP contribution in [0, 0.1) is 0 Å². The standard InChI is InChI=1S/C26H26N4O/c31-23-10-7-21(8-11-23)22-9-12-24-25(17-22)28-26(18-27-24)30-14-4-13-29(15-16-30)19-20-5-2-1-3-6-20/h1-3,5-12,17-18,31H,4,13-16,19H2. The van der Waals surface area contributed by atoms with Crippen LogP contribution in [0.4, 0.5) is 5.82 Å². The first-order valence-electron chi connectivity index (χ1n) is 10.8. The van der Waals surface area contributed by atoms with E-state index in [9.17, 15) is 5.11 Å². The van der Waals surface area contributed by atoms with Gasteiger partial charge >= 0.3 is 0 Å². The van der Waals surface area contributed by atoms with E-state index in [1.807, 2.05) is 24.4 Å². The molecule has 0 amide bonds. The van der Waals surface area contributed by atoms with Gasteiger partial charge in [0.2, 0.25) is 0 Å². The summed E-state index contributed by atoms with van der Waals surface area (Å²) in [5, 5.41) is 9.55. The lowest BCUT2D eigenvalue weighted by Crippen LogP contribution is -2.31. The van der Waals surface area contributed by atoms with E-state index in [1.54, 1.807) is 12.1 Å². The molecule has 4 aromatic rings. The summed E-state index contributed by atoms with van der Waals surface area (Å²) < 4.78 is 0. The minimum absolute atomic E-state index is 0.272. The first-order valence-corrected chi connectivity index (χ1v) is 10.8. The highest BCUT2D eigenvalue weighted by molar-refractivity contribution is 5.82. The van der Waals surface area contributed by atoms with Crippen LogP contribution in [0.5, 0.6) is 5.75 Å². The molecule has 0 atom stereocenters. The Morgan fingerprint density at radius 3 is 2.42 bits per heavy atom. The molecule has 31 heavy (non-hydrogen) atoms. The second-order valence-corrected chi connectivity index (χ2v) is 8.08. The van der Waals surface area contributed by atoms with Crippen molar-refractivity contribution < 1.29 is 5.11 Å². The lowest BCUT2D eigenvalue weighted by molar-refractivity contribution is 0.285. The van der Waals surface area contributed by atoms with Gasteiger partial charge in [0, 0.05) is 32.7 Å². The zero-order chi connectivity index (χ0) is 21.0. The Kier molecular flexibility index (Phi) is 5.50. The molecule has 0 unspecified atom stereocenters. The van der Waals surface area contributed by atoms with E-state index in [-0.39, 0.29) is 5.75 Å². The Balaban J connectivity index is 1.34. The number of nitrogens with zero attached hydrogens (tertiary/aromatic N) is 4. The maximum atomic E-state index is 9.55. The monoisotopic (exact) mass is 410 g/mol. The average molecular weight is 411 g/mol. The van der Waals surface area contributed by atoms with Crippen LogP contribution < -0.4 is 4.90 Å². The van der Waals surface area contributed by atoms with Gasteiger partial charge in [-0.05, 0) is 47.4 Å². The molecular weight excluding hydrogens is 384 g/mol. The predicted molar refractivity (Wildman–Crippen MR) is 125 cm³/mol. The number of phenols is 1. The molecule has 1 fully saturated rings. The van der Waals surface area contributed by atoms with E-state index in [2.05, 4.69) is 57.2 Å². The third-order valence-electron chi connectivity index (χ3n) is 5.89. The molecule has 1 aliphatic rings. The number of hydrogen-bond donors (Lipinski definition) is 1. The summed E-state index contributed by atoms with van der Waals surface area (Å²) in [5.41, 5.74) is 5.28. The smallest absolute Gasteiger partial charge is 0.147 e. The van der Waals surface area contributed by atoms with Crippen LogP contribution in [0.1, 0.15) is 12.0 Å². The van der Waals surface area contributed by atoms with Crippen LogP contribution in [-0.2, 0) is 6.54 Å². The van der Waals surface area contributed by atoms with Gasteiger partial charge in [-0.15, -0.1) is 0 Å². The molecule has 1 aliphatic heterocycles. The van der Waals surface area contributed by atoms with E-state index in [1.165, 1.54) is 5.56 Å². The van der Waals surface area contributed by atoms with E-state index < -0.39 is 0 Å². The third-order valence-corrected chi connectivity index (χ3v) is 5.89. The first-order chi connectivity index (χ1) is 15.2. The van der Waals surface area contributed by atoms with Gasteiger partial charge in [-0.1, -0.05) is 48.5 Å². The van der Waals surface area contributed by atoms with E-state index in [0.29, 0.717) is 0 Å². The minimum Gasteiger partial charge on any atom is -0.508 e. The molecule has 1 saturated heterocycles. The molecule has 0 spiro atoms. The quantitative estimate of drug-likeness (QED) is 0.528. The molecule has 0 aliphatic carbocycles. The number of anilines is 1. The second kappa shape index (κ2) is 8.74. The maximum Gasteiger partial charge on any atom is 0.147 e. The van der Waals surface area contributed by atoms with Gasteiger partial charge in [-0.2, -0.15) is 0 Å². The topological polar surface area (TPSA) is 52.5 Å². The molecule has 0 saturated carbocycles. The van der Waals surface area contributed by atoms with E-state index in [0.717, 1.165) is 67.1 Å². The number of aromatic hydroxyl groups is 1. The van der Waals surface area contributed by atoms with Crippen molar-refractivity contribution in [2.45, 2.75) is 13.0 Å². The number of aromatic nitrogens is 2. The molecule has 1 aromatic heterocycles. The van der Waals surface area contributed by atoms with Crippen LogP contribution in [0.3, 0.4) is 0 Å². The highest BCUT2D eigenvalue weighted by atomic mass is 16.3. The average Bonchev–Trinajstić information content (AvgIpc) is 3.05. The summed E-state index contributed by atoms with van der Waals surface area (Å²) in [7, 11) is 0. The number of hydrogen-bond acceptors (Lipinski definition) is 5. The molecule has 1 N–H and O–H groups in total. The van der Waals surface area contributed by atoms with Crippen LogP contribution in [0.2, 0.25) is 0 Å². The van der Waals surface area contributed by atoms with Crippen molar-refractivity contribution in [3.8, 4) is 16.9 Å². The predicted octanol–water partition coefficient (Wildman–Crippen LogP) is 4.71. The van der Waals surface area contributed by atoms with Gasteiger partial charge in [0.15, 0.2) is 0 Å². The molecule has 5 nitrogen and oxygen atoms in total. The summed E-state index contributed by atoms with van der Waals surface area (Å²) >= 11 is 0. The molecule has 0 radical (unpaired) electrons. The van der Waals surface area contributed by atoms with E-state index >= 15 is 0 Å². The Hall–Kier alpha value is -3.44. The number of rotatable bonds is 4. The SMILES string of the molecule is Oc1ccc(-c2ccc3ncc(N4CCCN(Cc5ccccc5)CC4)nc3c2)cc1. The van der Waals surface area contributed by atoms with Gasteiger partial charge in [0.05, 0.1) is 17.2 Å². The zero-order valence-corrected chi connectivity index (χ0v) is 17.5. The number of fused-ring (bicyclic) bond motifs is 1. The lowest BCUT2D eigenvalue weighted by Gasteiger charge is -2.22. The Morgan fingerprint density at radius 2 is 1.58 bits per heavy atom. The maximum absolute atomic E-state index is 9.55. The fraction of sp³-hybridized carbons (Fsp3) is 0.231. The zero-order valence-electron chi connectivity index (χ0n) is 17.5. The van der Waals surface area contributed by atoms with Crippen LogP contribution in [-0.4, -0.2) is 46.2 Å². The molecular formula is C26H26N4O. The molecule has 156 valence electrons. The molecule has 3 aromatic carbocycles. The summed E-state index contributed by atoms with van der Waals surface area (Å²) in [6, 6.07) is 24.1. The first kappa shape index (κ1) is 19.5. The summed E-state index contributed by atoms with van der Waals surface area (Å²) in [6.07, 6.45) is 3.01. The largest absolute Gasteiger partial charge is 0.508 e. The van der Waals surface area contributed by atoms with Gasteiger partial charge in [0.25, 0.3) is 0 Å². The minimum atomic E-state index is 0.272. The van der Waals surface area contributed by atoms with Crippen molar-refractivity contribution >= 4 is 16.9 Å². The van der Waals surface area contributed by atoms with Crippen molar-refractivity contribution in [2.24, 2.45) is 0 Å². The van der Waals surface area contributed by atoms with Crippen molar-refractivity contribution in [3.05, 3.63) is 84.6 Å². The molecule has 0 bridgehead atoms. The van der Waals surface area contributed by atoms with Crippen LogP contribution >= 0.6 is 0 Å². The van der Waals surface area contributed by atoms with E-state index in [4.69, 9.17) is 4.98 Å². The van der Waals surface area contributed by atoms with Gasteiger partial charge in [-0.3, -0.25) is 9.88 Å². The van der Waals surface area contributed by atoms with Crippen molar-refractivity contribution in [1.29, 1.82) is 0 Å². The summed E-state index contributed by atoms with van der Waals surface area (Å²) in [5.74, 6) is 1.21. The lowest BCUT2D eigenvalue weighted by atomic mass is 10.0. The van der Waals surface area contributed by atoms with Crippen molar-refractivity contribution in [3.63, 3.8) is 0 Å². The fourth-order valence-corrected chi connectivity index (χ4v) is 4.19. The Bertz CT molecular complexity index is 1160. The normalized spacial score (nSPS) is 15.2. The number of phenolic OH excluding ortho intramolecular Hbond substituents is 1.